The van der Waals surface area contributed by atoms with Crippen LogP contribution < -0.4 is 0 Å². The number of hydrogen-bond donors (Lipinski definition) is 0. The Bertz CT molecular complexity index is 151. The summed E-state index contributed by atoms with van der Waals surface area (Å²) in [4.78, 5) is 21.1. The number of rotatable bonds is 1. The third-order valence-corrected chi connectivity index (χ3v) is 1.43. The summed E-state index contributed by atoms with van der Waals surface area (Å²) in [5.74, 6) is -0.912. The van der Waals surface area contributed by atoms with Crippen molar-refractivity contribution >= 4 is 11.8 Å². The standard InChI is InChI=1S/C6H8O3.C2H6/c1-4(7)5-2-3-9-6(5)8;1-2/h5H,2-3H2,1H3;1-2H3. The SMILES string of the molecule is CC.CC(=O)C1CCOC1=O. The van der Waals surface area contributed by atoms with Crippen molar-refractivity contribution in [2.75, 3.05) is 6.61 Å². The third kappa shape index (κ3) is 2.70. The maximum absolute atomic E-state index is 10.6. The van der Waals surface area contributed by atoms with Crippen LogP contribution >= 0.6 is 0 Å². The molecule has 3 heteroatoms. The molecule has 1 saturated heterocycles. The van der Waals surface area contributed by atoms with Gasteiger partial charge >= 0.3 is 5.97 Å². The van der Waals surface area contributed by atoms with Crippen molar-refractivity contribution in [3.8, 4) is 0 Å². The number of ketones is 1. The van der Waals surface area contributed by atoms with Crippen LogP contribution in [0.15, 0.2) is 0 Å². The number of cyclic esters (lactones) is 1. The molecular formula is C8H14O3. The van der Waals surface area contributed by atoms with Gasteiger partial charge in [-0.1, -0.05) is 13.8 Å². The smallest absolute Gasteiger partial charge is 0.316 e. The lowest BCUT2D eigenvalue weighted by atomic mass is 10.1. The molecule has 1 aliphatic heterocycles. The summed E-state index contributed by atoms with van der Waals surface area (Å²) in [6, 6.07) is 0. The molecule has 1 rings (SSSR count). The molecule has 0 amide bonds. The van der Waals surface area contributed by atoms with Crippen molar-refractivity contribution in [1.82, 2.24) is 0 Å². The van der Waals surface area contributed by atoms with Crippen LogP contribution in [0.3, 0.4) is 0 Å². The van der Waals surface area contributed by atoms with E-state index in [0.717, 1.165) is 0 Å². The minimum atomic E-state index is -0.468. The Labute approximate surface area is 66.7 Å². The molecule has 1 unspecified atom stereocenters. The van der Waals surface area contributed by atoms with Gasteiger partial charge in [0.1, 0.15) is 11.7 Å². The third-order valence-electron chi connectivity index (χ3n) is 1.43. The molecule has 0 spiro atoms. The molecule has 0 saturated carbocycles. The molecule has 1 fully saturated rings. The van der Waals surface area contributed by atoms with Gasteiger partial charge in [0.15, 0.2) is 0 Å². The van der Waals surface area contributed by atoms with Gasteiger partial charge in [0.25, 0.3) is 0 Å². The van der Waals surface area contributed by atoms with Crippen LogP contribution in [0.2, 0.25) is 0 Å². The minimum absolute atomic E-state index is 0.0856. The van der Waals surface area contributed by atoms with Gasteiger partial charge in [0, 0.05) is 6.42 Å². The largest absolute Gasteiger partial charge is 0.465 e. The van der Waals surface area contributed by atoms with Crippen LogP contribution in [-0.2, 0) is 14.3 Å². The fourth-order valence-electron chi connectivity index (χ4n) is 0.865. The molecule has 0 aliphatic carbocycles. The summed E-state index contributed by atoms with van der Waals surface area (Å²) in [5.41, 5.74) is 0. The van der Waals surface area contributed by atoms with Gasteiger partial charge in [0.2, 0.25) is 0 Å². The molecule has 1 aliphatic rings. The maximum atomic E-state index is 10.6. The molecule has 1 heterocycles. The fourth-order valence-corrected chi connectivity index (χ4v) is 0.865. The summed E-state index contributed by atoms with van der Waals surface area (Å²) in [5, 5.41) is 0. The zero-order valence-corrected chi connectivity index (χ0v) is 7.22. The van der Waals surface area contributed by atoms with Crippen LogP contribution in [0.1, 0.15) is 27.2 Å². The summed E-state index contributed by atoms with van der Waals surface area (Å²) in [6.45, 7) is 5.82. The summed E-state index contributed by atoms with van der Waals surface area (Å²) in [6.07, 6.45) is 0.564. The average Bonchev–Trinajstić information content (AvgIpc) is 2.39. The van der Waals surface area contributed by atoms with Crippen LogP contribution in [0.25, 0.3) is 0 Å². The molecular weight excluding hydrogens is 144 g/mol. The second-order valence-corrected chi connectivity index (χ2v) is 2.12. The highest BCUT2D eigenvalue weighted by Gasteiger charge is 2.29. The van der Waals surface area contributed by atoms with Gasteiger partial charge in [-0.25, -0.2) is 0 Å². The number of hydrogen-bond acceptors (Lipinski definition) is 3. The average molecular weight is 158 g/mol. The van der Waals surface area contributed by atoms with Crippen molar-refractivity contribution in [2.24, 2.45) is 5.92 Å². The molecule has 3 nitrogen and oxygen atoms in total. The predicted octanol–water partition coefficient (Wildman–Crippen LogP) is 1.16. The van der Waals surface area contributed by atoms with E-state index in [1.807, 2.05) is 13.8 Å². The van der Waals surface area contributed by atoms with E-state index in [0.29, 0.717) is 13.0 Å². The Morgan fingerprint density at radius 1 is 1.55 bits per heavy atom. The molecule has 0 aromatic rings. The summed E-state index contributed by atoms with van der Waals surface area (Å²) < 4.78 is 4.57. The first-order chi connectivity index (χ1) is 5.22. The molecule has 11 heavy (non-hydrogen) atoms. The van der Waals surface area contributed by atoms with Crippen molar-refractivity contribution in [3.63, 3.8) is 0 Å². The van der Waals surface area contributed by atoms with Crippen molar-refractivity contribution in [2.45, 2.75) is 27.2 Å². The number of Topliss-reactive ketones (excluding diaryl/α,β-unsaturated/α-hetero) is 1. The first-order valence-corrected chi connectivity index (χ1v) is 3.89. The Balaban J connectivity index is 0.000000461. The maximum Gasteiger partial charge on any atom is 0.316 e. The number of carbonyl (C=O) groups excluding carboxylic acids is 2. The lowest BCUT2D eigenvalue weighted by molar-refractivity contribution is -0.144. The molecule has 0 aromatic heterocycles. The minimum Gasteiger partial charge on any atom is -0.465 e. The van der Waals surface area contributed by atoms with Crippen LogP contribution in [0.4, 0.5) is 0 Å². The van der Waals surface area contributed by atoms with E-state index in [2.05, 4.69) is 4.74 Å². The normalized spacial score (nSPS) is 21.7. The van der Waals surface area contributed by atoms with Crippen LogP contribution in [-0.4, -0.2) is 18.4 Å². The number of carbonyl (C=O) groups is 2. The molecule has 0 radical (unpaired) electrons. The quantitative estimate of drug-likeness (QED) is 0.425. The Morgan fingerprint density at radius 3 is 2.27 bits per heavy atom. The van der Waals surface area contributed by atoms with Gasteiger partial charge in [-0.3, -0.25) is 9.59 Å². The molecule has 64 valence electrons. The highest BCUT2D eigenvalue weighted by atomic mass is 16.5. The summed E-state index contributed by atoms with van der Waals surface area (Å²) >= 11 is 0. The zero-order chi connectivity index (χ0) is 8.85. The highest BCUT2D eigenvalue weighted by molar-refractivity contribution is 5.98. The Morgan fingerprint density at radius 2 is 2.09 bits per heavy atom. The van der Waals surface area contributed by atoms with E-state index in [1.54, 1.807) is 0 Å². The molecule has 0 aromatic carbocycles. The topological polar surface area (TPSA) is 43.4 Å². The zero-order valence-electron chi connectivity index (χ0n) is 7.22. The van der Waals surface area contributed by atoms with E-state index >= 15 is 0 Å². The number of esters is 1. The van der Waals surface area contributed by atoms with Crippen molar-refractivity contribution < 1.29 is 14.3 Å². The second kappa shape index (κ2) is 4.88. The van der Waals surface area contributed by atoms with Crippen molar-refractivity contribution in [3.05, 3.63) is 0 Å². The Hall–Kier alpha value is -0.860. The predicted molar refractivity (Wildman–Crippen MR) is 41.1 cm³/mol. The van der Waals surface area contributed by atoms with Gasteiger partial charge in [-0.05, 0) is 6.92 Å². The Kier molecular flexibility index (Phi) is 4.50. The van der Waals surface area contributed by atoms with Gasteiger partial charge < -0.3 is 4.74 Å². The van der Waals surface area contributed by atoms with Crippen LogP contribution in [0.5, 0.6) is 0 Å². The number of ether oxygens (including phenoxy) is 1. The van der Waals surface area contributed by atoms with E-state index in [-0.39, 0.29) is 11.8 Å². The van der Waals surface area contributed by atoms with Gasteiger partial charge in [0.05, 0.1) is 6.61 Å². The van der Waals surface area contributed by atoms with Crippen LogP contribution in [0, 0.1) is 5.92 Å². The van der Waals surface area contributed by atoms with E-state index < -0.39 is 5.92 Å². The fraction of sp³-hybridized carbons (Fsp3) is 0.750. The summed E-state index contributed by atoms with van der Waals surface area (Å²) in [7, 11) is 0. The second-order valence-electron chi connectivity index (χ2n) is 2.12. The lowest BCUT2D eigenvalue weighted by Gasteiger charge is -1.95. The first-order valence-electron chi connectivity index (χ1n) is 3.89. The monoisotopic (exact) mass is 158 g/mol. The van der Waals surface area contributed by atoms with E-state index in [4.69, 9.17) is 0 Å². The lowest BCUT2D eigenvalue weighted by Crippen LogP contribution is -2.15. The van der Waals surface area contributed by atoms with Crippen molar-refractivity contribution in [1.29, 1.82) is 0 Å². The molecule has 1 atom stereocenters. The molecule has 0 bridgehead atoms. The van der Waals surface area contributed by atoms with Gasteiger partial charge in [-0.15, -0.1) is 0 Å². The van der Waals surface area contributed by atoms with E-state index in [1.165, 1.54) is 6.92 Å². The van der Waals surface area contributed by atoms with E-state index in [9.17, 15) is 9.59 Å². The first kappa shape index (κ1) is 10.1. The molecule has 0 N–H and O–H groups in total. The van der Waals surface area contributed by atoms with Gasteiger partial charge in [-0.2, -0.15) is 0 Å². The highest BCUT2D eigenvalue weighted by Crippen LogP contribution is 2.14.